The van der Waals surface area contributed by atoms with Crippen LogP contribution in [0.1, 0.15) is 72.9 Å². The molecule has 4 rings (SSSR count). The van der Waals surface area contributed by atoms with E-state index in [0.29, 0.717) is 12.1 Å². The smallest absolute Gasteiger partial charge is 0.407 e. The van der Waals surface area contributed by atoms with Crippen molar-refractivity contribution in [3.05, 3.63) is 78.4 Å². The third kappa shape index (κ3) is 8.78. The number of amides is 2. The number of hydrogen-bond acceptors (Lipinski definition) is 5. The molecule has 0 radical (unpaired) electrons. The van der Waals surface area contributed by atoms with Gasteiger partial charge in [0.05, 0.1) is 12.1 Å². The summed E-state index contributed by atoms with van der Waals surface area (Å²) in [7, 11) is 0. The molecule has 1 fully saturated rings. The number of aromatic nitrogens is 1. The zero-order valence-electron chi connectivity index (χ0n) is 26.3. The first-order chi connectivity index (χ1) is 20.3. The molecule has 1 N–H and O–H groups in total. The molecule has 0 bridgehead atoms. The minimum atomic E-state index is -0.645. The molecule has 1 saturated carbocycles. The van der Waals surface area contributed by atoms with Gasteiger partial charge in [0.2, 0.25) is 11.9 Å². The van der Waals surface area contributed by atoms with Gasteiger partial charge in [-0.15, -0.1) is 0 Å². The lowest BCUT2D eigenvalue weighted by Gasteiger charge is -2.32. The summed E-state index contributed by atoms with van der Waals surface area (Å²) in [6.45, 7) is 13.8. The molecule has 1 heterocycles. The molecule has 230 valence electrons. The number of nitrogens with one attached hydrogen (secondary N) is 1. The van der Waals surface area contributed by atoms with Gasteiger partial charge < -0.3 is 19.7 Å². The molecule has 8 heteroatoms. The van der Waals surface area contributed by atoms with Crippen molar-refractivity contribution in [2.45, 2.75) is 85.0 Å². The second-order valence-electron chi connectivity index (χ2n) is 12.7. The molecule has 2 aromatic carbocycles. The molecule has 2 unspecified atom stereocenters. The zero-order chi connectivity index (χ0) is 31.3. The van der Waals surface area contributed by atoms with Crippen LogP contribution >= 0.6 is 0 Å². The second kappa shape index (κ2) is 13.6. The number of nitrogens with zero attached hydrogens (tertiary/aromatic N) is 2. The minimum absolute atomic E-state index is 0.0710. The molecule has 0 spiro atoms. The highest BCUT2D eigenvalue weighted by molar-refractivity contribution is 5.98. The lowest BCUT2D eigenvalue weighted by atomic mass is 9.98. The average molecular weight is 590 g/mol. The van der Waals surface area contributed by atoms with Crippen LogP contribution < -0.4 is 15.0 Å². The van der Waals surface area contributed by atoms with E-state index in [0.717, 1.165) is 29.0 Å². The fourth-order valence-corrected chi connectivity index (χ4v) is 5.09. The maximum absolute atomic E-state index is 14.1. The van der Waals surface area contributed by atoms with Gasteiger partial charge in [0.1, 0.15) is 11.4 Å². The monoisotopic (exact) mass is 589 g/mol. The van der Waals surface area contributed by atoms with Crippen molar-refractivity contribution in [1.82, 2.24) is 10.3 Å². The summed E-state index contributed by atoms with van der Waals surface area (Å²) in [5.41, 5.74) is 2.71. The van der Waals surface area contributed by atoms with Crippen molar-refractivity contribution >= 4 is 17.7 Å². The Morgan fingerprint density at radius 2 is 1.63 bits per heavy atom. The number of benzene rings is 2. The standard InChI is InChI=1S/C35H44FN3O4/c1-8-23(4)31(38-34(41)43-35(5,6)7)21-39(33(40)29-20-28(29)30-10-9-11-32(36)37-30)26-16-12-24(13-17-26)25-14-18-27(19-15-25)42-22(2)3/h9-19,22-23,28-29,31H,8,20-21H2,1-7H3,(H,38,41)/t23-,28?,29?,31+/m0/s1. The number of carbonyl (C=O) groups excluding carboxylic acids is 2. The first-order valence-electron chi connectivity index (χ1n) is 15.1. The van der Waals surface area contributed by atoms with Gasteiger partial charge in [0.25, 0.3) is 0 Å². The SMILES string of the molecule is CC[C@H](C)[C@@H](CN(C(=O)C1CC1c1cccc(F)n1)c1ccc(-c2ccc(OC(C)C)cc2)cc1)NC(=O)OC(C)(C)C. The summed E-state index contributed by atoms with van der Waals surface area (Å²) in [5, 5.41) is 3.02. The summed E-state index contributed by atoms with van der Waals surface area (Å²) < 4.78 is 25.1. The van der Waals surface area contributed by atoms with Crippen LogP contribution in [0.3, 0.4) is 0 Å². The fraction of sp³-hybridized carbons (Fsp3) is 0.457. The summed E-state index contributed by atoms with van der Waals surface area (Å²) >= 11 is 0. The molecule has 0 aliphatic heterocycles. The first-order valence-corrected chi connectivity index (χ1v) is 15.1. The molecule has 7 nitrogen and oxygen atoms in total. The van der Waals surface area contributed by atoms with E-state index in [9.17, 15) is 14.0 Å². The Balaban J connectivity index is 1.60. The van der Waals surface area contributed by atoms with E-state index in [1.807, 2.05) is 83.1 Å². The van der Waals surface area contributed by atoms with Crippen LogP contribution in [0.5, 0.6) is 5.75 Å². The van der Waals surface area contributed by atoms with Gasteiger partial charge in [0.15, 0.2) is 0 Å². The first kappa shape index (κ1) is 32.0. The second-order valence-corrected chi connectivity index (χ2v) is 12.7. The molecular formula is C35H44FN3O4. The number of alkyl carbamates (subject to hydrolysis) is 1. The maximum atomic E-state index is 14.1. The summed E-state index contributed by atoms with van der Waals surface area (Å²) in [4.78, 5) is 32.6. The van der Waals surface area contributed by atoms with E-state index in [2.05, 4.69) is 24.1 Å². The van der Waals surface area contributed by atoms with E-state index in [1.54, 1.807) is 17.0 Å². The molecule has 4 atom stereocenters. The third-order valence-electron chi connectivity index (χ3n) is 7.64. The summed E-state index contributed by atoms with van der Waals surface area (Å²) in [6, 6.07) is 20.1. The average Bonchev–Trinajstić information content (AvgIpc) is 3.75. The highest BCUT2D eigenvalue weighted by atomic mass is 19.1. The molecule has 0 saturated heterocycles. The topological polar surface area (TPSA) is 80.8 Å². The van der Waals surface area contributed by atoms with Crippen LogP contribution in [0, 0.1) is 17.8 Å². The van der Waals surface area contributed by atoms with Crippen molar-refractivity contribution in [3.8, 4) is 16.9 Å². The zero-order valence-corrected chi connectivity index (χ0v) is 26.3. The van der Waals surface area contributed by atoms with E-state index in [-0.39, 0.29) is 42.4 Å². The number of ether oxygens (including phenoxy) is 2. The Labute approximate surface area is 254 Å². The Bertz CT molecular complexity index is 1390. The molecule has 2 amide bonds. The van der Waals surface area contributed by atoms with Gasteiger partial charge in [0, 0.05) is 29.8 Å². The van der Waals surface area contributed by atoms with Crippen LogP contribution in [0.4, 0.5) is 14.9 Å². The van der Waals surface area contributed by atoms with Crippen LogP contribution in [0.15, 0.2) is 66.7 Å². The van der Waals surface area contributed by atoms with Gasteiger partial charge in [-0.3, -0.25) is 4.79 Å². The lowest BCUT2D eigenvalue weighted by molar-refractivity contribution is -0.120. The normalized spacial score (nSPS) is 17.6. The van der Waals surface area contributed by atoms with Crippen LogP contribution in [0.25, 0.3) is 11.1 Å². The van der Waals surface area contributed by atoms with Crippen LogP contribution in [-0.2, 0) is 9.53 Å². The third-order valence-corrected chi connectivity index (χ3v) is 7.64. The van der Waals surface area contributed by atoms with Crippen molar-refractivity contribution in [2.75, 3.05) is 11.4 Å². The fourth-order valence-electron chi connectivity index (χ4n) is 5.09. The lowest BCUT2D eigenvalue weighted by Crippen LogP contribution is -2.50. The number of halogens is 1. The summed E-state index contributed by atoms with van der Waals surface area (Å²) in [6.07, 6.45) is 0.985. The number of carbonyl (C=O) groups is 2. The van der Waals surface area contributed by atoms with E-state index in [4.69, 9.17) is 9.47 Å². The minimum Gasteiger partial charge on any atom is -0.491 e. The maximum Gasteiger partial charge on any atom is 0.407 e. The summed E-state index contributed by atoms with van der Waals surface area (Å²) in [5.74, 6) is -0.191. The number of rotatable bonds is 11. The Morgan fingerprint density at radius 1 is 1.00 bits per heavy atom. The highest BCUT2D eigenvalue weighted by Gasteiger charge is 2.47. The highest BCUT2D eigenvalue weighted by Crippen LogP contribution is 2.48. The predicted molar refractivity (Wildman–Crippen MR) is 168 cm³/mol. The van der Waals surface area contributed by atoms with Gasteiger partial charge in [-0.2, -0.15) is 4.39 Å². The molecule has 1 aromatic heterocycles. The largest absolute Gasteiger partial charge is 0.491 e. The predicted octanol–water partition coefficient (Wildman–Crippen LogP) is 7.75. The van der Waals surface area contributed by atoms with Crippen molar-refractivity contribution in [1.29, 1.82) is 0 Å². The van der Waals surface area contributed by atoms with Gasteiger partial charge >= 0.3 is 6.09 Å². The van der Waals surface area contributed by atoms with Crippen molar-refractivity contribution in [3.63, 3.8) is 0 Å². The molecular weight excluding hydrogens is 545 g/mol. The van der Waals surface area contributed by atoms with Crippen LogP contribution in [-0.4, -0.2) is 41.3 Å². The van der Waals surface area contributed by atoms with Gasteiger partial charge in [-0.05, 0) is 94.5 Å². The van der Waals surface area contributed by atoms with Crippen LogP contribution in [0.2, 0.25) is 0 Å². The molecule has 1 aliphatic rings. The molecule has 3 aromatic rings. The molecule has 1 aliphatic carbocycles. The Kier molecular flexibility index (Phi) is 10.1. The van der Waals surface area contributed by atoms with Crippen molar-refractivity contribution < 1.29 is 23.5 Å². The number of hydrogen-bond donors (Lipinski definition) is 1. The van der Waals surface area contributed by atoms with E-state index in [1.165, 1.54) is 6.07 Å². The molecule has 43 heavy (non-hydrogen) atoms. The number of pyridine rings is 1. The number of anilines is 1. The quantitative estimate of drug-likeness (QED) is 0.231. The Hall–Kier alpha value is -3.94. The van der Waals surface area contributed by atoms with E-state index >= 15 is 0 Å². The van der Waals surface area contributed by atoms with Crippen molar-refractivity contribution in [2.24, 2.45) is 11.8 Å². The van der Waals surface area contributed by atoms with Gasteiger partial charge in [-0.1, -0.05) is 50.6 Å². The Morgan fingerprint density at radius 3 is 2.19 bits per heavy atom. The van der Waals surface area contributed by atoms with E-state index < -0.39 is 17.6 Å². The van der Waals surface area contributed by atoms with Gasteiger partial charge in [-0.25, -0.2) is 9.78 Å².